The summed E-state index contributed by atoms with van der Waals surface area (Å²) in [7, 11) is 0. The number of nitriles is 1. The van der Waals surface area contributed by atoms with Gasteiger partial charge in [-0.1, -0.05) is 0 Å². The summed E-state index contributed by atoms with van der Waals surface area (Å²) in [6.07, 6.45) is 0.994. The standard InChI is InChI=1S/C12H16N2O/c1-2-15-9-3-8-14-12-6-4-11(10-13)5-7-12/h4-7,14H,2-3,8-9H2,1H3. The van der Waals surface area contributed by atoms with E-state index >= 15 is 0 Å². The molecule has 1 N–H and O–H groups in total. The molecule has 0 spiro atoms. The van der Waals surface area contributed by atoms with Gasteiger partial charge < -0.3 is 10.1 Å². The Morgan fingerprint density at radius 1 is 1.33 bits per heavy atom. The first-order valence-electron chi connectivity index (χ1n) is 5.18. The molecular formula is C12H16N2O. The average molecular weight is 204 g/mol. The number of anilines is 1. The van der Waals surface area contributed by atoms with Crippen LogP contribution in [0.5, 0.6) is 0 Å². The lowest BCUT2D eigenvalue weighted by Gasteiger charge is -2.05. The van der Waals surface area contributed by atoms with Crippen molar-refractivity contribution in [3.63, 3.8) is 0 Å². The van der Waals surface area contributed by atoms with E-state index in [1.165, 1.54) is 0 Å². The number of benzene rings is 1. The zero-order chi connectivity index (χ0) is 10.9. The molecule has 0 aliphatic carbocycles. The predicted molar refractivity (Wildman–Crippen MR) is 60.8 cm³/mol. The zero-order valence-corrected chi connectivity index (χ0v) is 8.99. The Balaban J connectivity index is 2.23. The summed E-state index contributed by atoms with van der Waals surface area (Å²) in [4.78, 5) is 0. The Morgan fingerprint density at radius 3 is 2.67 bits per heavy atom. The molecule has 0 aliphatic heterocycles. The van der Waals surface area contributed by atoms with Gasteiger partial charge in [0.15, 0.2) is 0 Å². The summed E-state index contributed by atoms with van der Waals surface area (Å²) in [6.45, 7) is 4.45. The van der Waals surface area contributed by atoms with Gasteiger partial charge in [-0.05, 0) is 37.6 Å². The SMILES string of the molecule is CCOCCCNc1ccc(C#N)cc1. The van der Waals surface area contributed by atoms with E-state index in [0.29, 0.717) is 5.56 Å². The minimum Gasteiger partial charge on any atom is -0.385 e. The quantitative estimate of drug-likeness (QED) is 0.724. The van der Waals surface area contributed by atoms with E-state index in [9.17, 15) is 0 Å². The van der Waals surface area contributed by atoms with E-state index in [4.69, 9.17) is 10.00 Å². The van der Waals surface area contributed by atoms with Crippen molar-refractivity contribution in [3.05, 3.63) is 29.8 Å². The third-order valence-corrected chi connectivity index (χ3v) is 2.01. The van der Waals surface area contributed by atoms with E-state index < -0.39 is 0 Å². The molecular weight excluding hydrogens is 188 g/mol. The lowest BCUT2D eigenvalue weighted by atomic mass is 10.2. The van der Waals surface area contributed by atoms with Crippen LogP contribution in [-0.2, 0) is 4.74 Å². The molecule has 3 nitrogen and oxygen atoms in total. The second-order valence-corrected chi connectivity index (χ2v) is 3.17. The molecule has 0 amide bonds. The van der Waals surface area contributed by atoms with Crippen molar-refractivity contribution in [1.29, 1.82) is 5.26 Å². The van der Waals surface area contributed by atoms with Gasteiger partial charge in [0.25, 0.3) is 0 Å². The van der Waals surface area contributed by atoms with E-state index in [-0.39, 0.29) is 0 Å². The van der Waals surface area contributed by atoms with Gasteiger partial charge in [0, 0.05) is 25.4 Å². The molecule has 80 valence electrons. The molecule has 0 aliphatic rings. The summed E-state index contributed by atoms with van der Waals surface area (Å²) in [5.74, 6) is 0. The fraction of sp³-hybridized carbons (Fsp3) is 0.417. The Hall–Kier alpha value is -1.53. The molecule has 0 aromatic heterocycles. The van der Waals surface area contributed by atoms with Gasteiger partial charge in [0.05, 0.1) is 11.6 Å². The van der Waals surface area contributed by atoms with E-state index in [0.717, 1.165) is 31.9 Å². The van der Waals surface area contributed by atoms with Crippen LogP contribution in [0.3, 0.4) is 0 Å². The van der Waals surface area contributed by atoms with Gasteiger partial charge in [-0.15, -0.1) is 0 Å². The summed E-state index contributed by atoms with van der Waals surface area (Å²) >= 11 is 0. The van der Waals surface area contributed by atoms with Crippen LogP contribution in [0.4, 0.5) is 5.69 Å². The van der Waals surface area contributed by atoms with Crippen molar-refractivity contribution in [2.75, 3.05) is 25.1 Å². The number of nitrogens with zero attached hydrogens (tertiary/aromatic N) is 1. The maximum Gasteiger partial charge on any atom is 0.0991 e. The molecule has 0 radical (unpaired) electrons. The predicted octanol–water partition coefficient (Wildman–Crippen LogP) is 2.40. The van der Waals surface area contributed by atoms with Crippen molar-refractivity contribution in [2.45, 2.75) is 13.3 Å². The summed E-state index contributed by atoms with van der Waals surface area (Å²) < 4.78 is 5.22. The number of ether oxygens (including phenoxy) is 1. The Labute approximate surface area is 90.7 Å². The smallest absolute Gasteiger partial charge is 0.0991 e. The van der Waals surface area contributed by atoms with Gasteiger partial charge in [0.1, 0.15) is 0 Å². The van der Waals surface area contributed by atoms with E-state index in [2.05, 4.69) is 11.4 Å². The lowest BCUT2D eigenvalue weighted by Crippen LogP contribution is -2.05. The van der Waals surface area contributed by atoms with Crippen molar-refractivity contribution in [3.8, 4) is 6.07 Å². The first-order valence-corrected chi connectivity index (χ1v) is 5.18. The Morgan fingerprint density at radius 2 is 2.07 bits per heavy atom. The first-order chi connectivity index (χ1) is 7.36. The third-order valence-electron chi connectivity index (χ3n) is 2.01. The molecule has 0 atom stereocenters. The van der Waals surface area contributed by atoms with E-state index in [1.54, 1.807) is 0 Å². The highest BCUT2D eigenvalue weighted by Crippen LogP contribution is 2.08. The largest absolute Gasteiger partial charge is 0.385 e. The molecule has 0 bridgehead atoms. The number of hydrogen-bond donors (Lipinski definition) is 1. The van der Waals surface area contributed by atoms with Gasteiger partial charge in [-0.2, -0.15) is 5.26 Å². The molecule has 1 rings (SSSR count). The van der Waals surface area contributed by atoms with Crippen LogP contribution in [0.25, 0.3) is 0 Å². The average Bonchev–Trinajstić information content (AvgIpc) is 2.30. The molecule has 3 heteroatoms. The number of nitrogens with one attached hydrogen (secondary N) is 1. The van der Waals surface area contributed by atoms with Crippen LogP contribution in [0.1, 0.15) is 18.9 Å². The maximum atomic E-state index is 8.61. The molecule has 0 saturated heterocycles. The van der Waals surface area contributed by atoms with Crippen molar-refractivity contribution < 1.29 is 4.74 Å². The highest BCUT2D eigenvalue weighted by Gasteiger charge is 1.92. The zero-order valence-electron chi connectivity index (χ0n) is 8.99. The summed E-state index contributed by atoms with van der Waals surface area (Å²) in [5, 5.41) is 11.9. The summed E-state index contributed by atoms with van der Waals surface area (Å²) in [5.41, 5.74) is 1.74. The fourth-order valence-corrected chi connectivity index (χ4v) is 1.21. The van der Waals surface area contributed by atoms with Crippen molar-refractivity contribution in [2.24, 2.45) is 0 Å². The van der Waals surface area contributed by atoms with Gasteiger partial charge >= 0.3 is 0 Å². The highest BCUT2D eigenvalue weighted by molar-refractivity contribution is 5.46. The summed E-state index contributed by atoms with van der Waals surface area (Å²) in [6, 6.07) is 9.54. The van der Waals surface area contributed by atoms with Crippen LogP contribution >= 0.6 is 0 Å². The van der Waals surface area contributed by atoms with Crippen LogP contribution in [-0.4, -0.2) is 19.8 Å². The van der Waals surface area contributed by atoms with Crippen LogP contribution in [0.2, 0.25) is 0 Å². The fourth-order valence-electron chi connectivity index (χ4n) is 1.21. The second kappa shape index (κ2) is 6.86. The lowest BCUT2D eigenvalue weighted by molar-refractivity contribution is 0.147. The van der Waals surface area contributed by atoms with Crippen molar-refractivity contribution in [1.82, 2.24) is 0 Å². The van der Waals surface area contributed by atoms with Crippen LogP contribution < -0.4 is 5.32 Å². The van der Waals surface area contributed by atoms with Crippen LogP contribution in [0, 0.1) is 11.3 Å². The monoisotopic (exact) mass is 204 g/mol. The molecule has 0 heterocycles. The number of hydrogen-bond acceptors (Lipinski definition) is 3. The number of rotatable bonds is 6. The van der Waals surface area contributed by atoms with Gasteiger partial charge in [-0.25, -0.2) is 0 Å². The second-order valence-electron chi connectivity index (χ2n) is 3.17. The molecule has 0 unspecified atom stereocenters. The third kappa shape index (κ3) is 4.48. The Kier molecular flexibility index (Phi) is 5.28. The molecule has 1 aromatic rings. The molecule has 1 aromatic carbocycles. The molecule has 0 fully saturated rings. The maximum absolute atomic E-state index is 8.61. The Bertz CT molecular complexity index is 313. The minimum absolute atomic E-state index is 0.690. The molecule has 15 heavy (non-hydrogen) atoms. The molecule has 0 saturated carbocycles. The first kappa shape index (κ1) is 11.5. The van der Waals surface area contributed by atoms with Gasteiger partial charge in [-0.3, -0.25) is 0 Å². The van der Waals surface area contributed by atoms with Crippen molar-refractivity contribution >= 4 is 5.69 Å². The van der Waals surface area contributed by atoms with Gasteiger partial charge in [0.2, 0.25) is 0 Å². The normalized spacial score (nSPS) is 9.60. The highest BCUT2D eigenvalue weighted by atomic mass is 16.5. The topological polar surface area (TPSA) is 45.0 Å². The van der Waals surface area contributed by atoms with Crippen LogP contribution in [0.15, 0.2) is 24.3 Å². The van der Waals surface area contributed by atoms with E-state index in [1.807, 2.05) is 31.2 Å². The minimum atomic E-state index is 0.690.